The van der Waals surface area contributed by atoms with E-state index in [1.165, 1.54) is 29.5 Å². The van der Waals surface area contributed by atoms with Crippen LogP contribution in [-0.4, -0.2) is 17.3 Å². The molecule has 1 aromatic heterocycles. The average Bonchev–Trinajstić information content (AvgIpc) is 2.80. The molecule has 8 heteroatoms. The first-order chi connectivity index (χ1) is 10.3. The molecule has 0 aliphatic rings. The van der Waals surface area contributed by atoms with Crippen LogP contribution in [0.2, 0.25) is 0 Å². The number of thiazole rings is 1. The number of hydrogen-bond acceptors (Lipinski definition) is 5. The molecule has 0 radical (unpaired) electrons. The molecule has 4 nitrogen and oxygen atoms in total. The van der Waals surface area contributed by atoms with E-state index in [4.69, 9.17) is 4.74 Å². The second kappa shape index (κ2) is 6.78. The predicted octanol–water partition coefficient (Wildman–Crippen LogP) is 3.64. The van der Waals surface area contributed by atoms with E-state index in [1.54, 1.807) is 11.4 Å². The monoisotopic (exact) mass is 331 g/mol. The molecule has 0 saturated carbocycles. The second-order valence-electron chi connectivity index (χ2n) is 4.39. The van der Waals surface area contributed by atoms with Gasteiger partial charge in [0.2, 0.25) is 0 Å². The topological polar surface area (TPSA) is 48.4 Å². The average molecular weight is 331 g/mol. The van der Waals surface area contributed by atoms with Gasteiger partial charge in [0.25, 0.3) is 0 Å². The zero-order valence-electron chi connectivity index (χ0n) is 11.5. The van der Waals surface area contributed by atoms with Crippen molar-refractivity contribution in [2.24, 2.45) is 0 Å². The lowest BCUT2D eigenvalue weighted by Gasteiger charge is -2.10. The first-order valence-corrected chi connectivity index (χ1v) is 7.11. The maximum atomic E-state index is 12.1. The van der Waals surface area contributed by atoms with E-state index in [0.29, 0.717) is 11.3 Å². The molecular formula is C14H12F3NO3S. The molecule has 0 atom stereocenters. The van der Waals surface area contributed by atoms with Crippen LogP contribution in [0.4, 0.5) is 13.2 Å². The summed E-state index contributed by atoms with van der Waals surface area (Å²) in [5.74, 6) is -0.844. The molecule has 2 aromatic rings. The van der Waals surface area contributed by atoms with Gasteiger partial charge >= 0.3 is 12.3 Å². The molecule has 0 aliphatic carbocycles. The Morgan fingerprint density at radius 2 is 2.14 bits per heavy atom. The van der Waals surface area contributed by atoms with Gasteiger partial charge in [-0.05, 0) is 24.6 Å². The van der Waals surface area contributed by atoms with Crippen LogP contribution in [0.3, 0.4) is 0 Å². The van der Waals surface area contributed by atoms with Crippen LogP contribution in [0.5, 0.6) is 5.75 Å². The van der Waals surface area contributed by atoms with Crippen LogP contribution < -0.4 is 4.74 Å². The maximum absolute atomic E-state index is 12.1. The number of benzene rings is 1. The first-order valence-electron chi connectivity index (χ1n) is 6.23. The second-order valence-corrected chi connectivity index (χ2v) is 5.45. The molecule has 0 amide bonds. The molecule has 0 aliphatic heterocycles. The number of halogens is 3. The van der Waals surface area contributed by atoms with Gasteiger partial charge in [0.15, 0.2) is 0 Å². The highest BCUT2D eigenvalue weighted by Gasteiger charge is 2.31. The summed E-state index contributed by atoms with van der Waals surface area (Å²) < 4.78 is 45.2. The summed E-state index contributed by atoms with van der Waals surface area (Å²) >= 11 is 1.43. The Hall–Kier alpha value is -2.09. The van der Waals surface area contributed by atoms with Crippen molar-refractivity contribution < 1.29 is 27.4 Å². The highest BCUT2D eigenvalue weighted by atomic mass is 32.1. The van der Waals surface area contributed by atoms with E-state index in [1.807, 2.05) is 6.92 Å². The van der Waals surface area contributed by atoms with Crippen molar-refractivity contribution in [3.63, 3.8) is 0 Å². The molecule has 0 spiro atoms. The molecule has 0 bridgehead atoms. The minimum absolute atomic E-state index is 0.0308. The number of rotatable bonds is 5. The highest BCUT2D eigenvalue weighted by molar-refractivity contribution is 7.09. The minimum Gasteiger partial charge on any atom is -0.461 e. The van der Waals surface area contributed by atoms with Crippen molar-refractivity contribution in [2.75, 3.05) is 0 Å². The summed E-state index contributed by atoms with van der Waals surface area (Å²) in [5.41, 5.74) is 1.02. The number of carbonyl (C=O) groups is 1. The van der Waals surface area contributed by atoms with Crippen LogP contribution in [0, 0.1) is 6.92 Å². The van der Waals surface area contributed by atoms with E-state index >= 15 is 0 Å². The number of carbonyl (C=O) groups excluding carboxylic acids is 1. The molecule has 0 fully saturated rings. The molecule has 0 saturated heterocycles. The third-order valence-electron chi connectivity index (χ3n) is 2.52. The van der Waals surface area contributed by atoms with Crippen molar-refractivity contribution in [1.29, 1.82) is 0 Å². The van der Waals surface area contributed by atoms with Crippen LogP contribution >= 0.6 is 11.3 Å². The molecule has 0 unspecified atom stereocenters. The third-order valence-corrected chi connectivity index (χ3v) is 3.35. The number of ether oxygens (including phenoxy) is 2. The Labute approximate surface area is 128 Å². The fraction of sp³-hybridized carbons (Fsp3) is 0.286. The Kier molecular flexibility index (Phi) is 5.02. The fourth-order valence-corrected chi connectivity index (χ4v) is 2.30. The lowest BCUT2D eigenvalue weighted by molar-refractivity contribution is -0.274. The molecular weight excluding hydrogens is 319 g/mol. The smallest absolute Gasteiger partial charge is 0.461 e. The summed E-state index contributed by atoms with van der Waals surface area (Å²) in [6, 6.07) is 5.29. The first kappa shape index (κ1) is 16.3. The molecule has 22 heavy (non-hydrogen) atoms. The summed E-state index contributed by atoms with van der Waals surface area (Å²) in [7, 11) is 0. The summed E-state index contributed by atoms with van der Waals surface area (Å²) in [4.78, 5) is 15.8. The Bertz CT molecular complexity index is 655. The molecule has 1 heterocycles. The SMILES string of the molecule is Cc1nc(CC(=O)OCc2cccc(OC(F)(F)F)c2)cs1. The Morgan fingerprint density at radius 3 is 2.77 bits per heavy atom. The van der Waals surface area contributed by atoms with Crippen molar-refractivity contribution >= 4 is 17.3 Å². The van der Waals surface area contributed by atoms with Crippen molar-refractivity contribution in [3.8, 4) is 5.75 Å². The molecule has 0 N–H and O–H groups in total. The van der Waals surface area contributed by atoms with Gasteiger partial charge in [-0.1, -0.05) is 12.1 Å². The Balaban J connectivity index is 1.88. The Morgan fingerprint density at radius 1 is 1.36 bits per heavy atom. The van der Waals surface area contributed by atoms with Crippen LogP contribution in [0.1, 0.15) is 16.3 Å². The van der Waals surface area contributed by atoms with Crippen molar-refractivity contribution in [3.05, 3.63) is 45.9 Å². The van der Waals surface area contributed by atoms with Gasteiger partial charge in [0.05, 0.1) is 17.1 Å². The number of alkyl halides is 3. The molecule has 1 aromatic carbocycles. The summed E-state index contributed by atoms with van der Waals surface area (Å²) in [6.07, 6.45) is -4.72. The van der Waals surface area contributed by atoms with Crippen molar-refractivity contribution in [1.82, 2.24) is 4.98 Å². The van der Waals surface area contributed by atoms with Gasteiger partial charge in [-0.25, -0.2) is 4.98 Å². The summed E-state index contributed by atoms with van der Waals surface area (Å²) in [5, 5.41) is 2.61. The molecule has 118 valence electrons. The zero-order chi connectivity index (χ0) is 16.2. The van der Waals surface area contributed by atoms with Gasteiger partial charge in [0.1, 0.15) is 12.4 Å². The number of aromatic nitrogens is 1. The lowest BCUT2D eigenvalue weighted by Crippen LogP contribution is -2.17. The zero-order valence-corrected chi connectivity index (χ0v) is 12.3. The maximum Gasteiger partial charge on any atom is 0.573 e. The van der Waals surface area contributed by atoms with Gasteiger partial charge in [0, 0.05) is 5.38 Å². The largest absolute Gasteiger partial charge is 0.573 e. The number of esters is 1. The third kappa shape index (κ3) is 5.36. The van der Waals surface area contributed by atoms with E-state index < -0.39 is 12.3 Å². The highest BCUT2D eigenvalue weighted by Crippen LogP contribution is 2.23. The van der Waals surface area contributed by atoms with E-state index in [9.17, 15) is 18.0 Å². The minimum atomic E-state index is -4.75. The van der Waals surface area contributed by atoms with E-state index in [2.05, 4.69) is 9.72 Å². The number of aryl methyl sites for hydroxylation is 1. The van der Waals surface area contributed by atoms with Gasteiger partial charge in [-0.3, -0.25) is 4.79 Å². The predicted molar refractivity (Wildman–Crippen MR) is 73.5 cm³/mol. The standard InChI is InChI=1S/C14H12F3NO3S/c1-9-18-11(8-22-9)6-13(19)20-7-10-3-2-4-12(5-10)21-14(15,16)17/h2-5,8H,6-7H2,1H3. The van der Waals surface area contributed by atoms with Crippen LogP contribution in [-0.2, 0) is 22.6 Å². The summed E-state index contributed by atoms with van der Waals surface area (Å²) in [6.45, 7) is 1.70. The van der Waals surface area contributed by atoms with Gasteiger partial charge in [-0.2, -0.15) is 0 Å². The van der Waals surface area contributed by atoms with E-state index in [-0.39, 0.29) is 18.8 Å². The van der Waals surface area contributed by atoms with Gasteiger partial charge in [-0.15, -0.1) is 24.5 Å². The molecule has 2 rings (SSSR count). The normalized spacial score (nSPS) is 11.3. The number of nitrogens with zero attached hydrogens (tertiary/aromatic N) is 1. The quantitative estimate of drug-likeness (QED) is 0.785. The van der Waals surface area contributed by atoms with E-state index in [0.717, 1.165) is 5.01 Å². The number of hydrogen-bond donors (Lipinski definition) is 0. The lowest BCUT2D eigenvalue weighted by atomic mass is 10.2. The van der Waals surface area contributed by atoms with Crippen molar-refractivity contribution in [2.45, 2.75) is 26.3 Å². The van der Waals surface area contributed by atoms with Gasteiger partial charge < -0.3 is 9.47 Å². The van der Waals surface area contributed by atoms with Crippen LogP contribution in [0.15, 0.2) is 29.6 Å². The fourth-order valence-electron chi connectivity index (χ4n) is 1.68. The van der Waals surface area contributed by atoms with Crippen LogP contribution in [0.25, 0.3) is 0 Å².